The first-order chi connectivity index (χ1) is 16.6. The summed E-state index contributed by atoms with van der Waals surface area (Å²) < 4.78 is 2.42. The van der Waals surface area contributed by atoms with Crippen LogP contribution in [-0.4, -0.2) is 80.2 Å². The van der Waals surface area contributed by atoms with Crippen molar-refractivity contribution >= 4 is 29.9 Å². The monoisotopic (exact) mass is 499 g/mol. The summed E-state index contributed by atoms with van der Waals surface area (Å²) in [7, 11) is 3.83. The highest BCUT2D eigenvalue weighted by Crippen LogP contribution is 2.28. The summed E-state index contributed by atoms with van der Waals surface area (Å²) in [5, 5.41) is 0. The quantitative estimate of drug-likeness (QED) is 0.201. The summed E-state index contributed by atoms with van der Waals surface area (Å²) in [5.74, 6) is 2.96. The van der Waals surface area contributed by atoms with E-state index < -0.39 is 0 Å². The molecule has 1 amide bonds. The van der Waals surface area contributed by atoms with Crippen LogP contribution in [-0.2, 0) is 11.2 Å². The topological polar surface area (TPSA) is 42.9 Å². The molecule has 0 unspecified atom stereocenters. The number of terminal acetylenes is 1. The maximum atomic E-state index is 11.5. The van der Waals surface area contributed by atoms with Crippen LogP contribution in [0.15, 0.2) is 35.9 Å². The standard InChI is InChI=1S/C25H41N5OS.C3H4/c1-8-9-21(18-29-14-16-30(32-7)17-15-29)10-11-22-12-13-23(24(26-22)28(6)20-31)27(5)19-25(2,3)4;1-3-2/h8-10,12-13,20H,11,14-19H2,1-7H3;1H,2H3/b9-8-,21-10+;. The number of allylic oxidation sites excluding steroid dienone is 2. The van der Waals surface area contributed by atoms with E-state index in [1.54, 1.807) is 18.9 Å². The Labute approximate surface area is 218 Å². The molecular formula is C28H45N5OS. The van der Waals surface area contributed by atoms with Gasteiger partial charge in [0.25, 0.3) is 0 Å². The number of rotatable bonds is 10. The molecule has 0 N–H and O–H groups in total. The molecule has 0 saturated carbocycles. The molecule has 0 radical (unpaired) electrons. The second-order valence-corrected chi connectivity index (χ2v) is 10.8. The normalized spacial score (nSPS) is 15.3. The number of aromatic nitrogens is 1. The molecule has 1 aliphatic heterocycles. The Bertz CT molecular complexity index is 876. The minimum atomic E-state index is 0.149. The smallest absolute Gasteiger partial charge is 0.215 e. The first-order valence-corrected chi connectivity index (χ1v) is 13.4. The van der Waals surface area contributed by atoms with Crippen LogP contribution in [0.2, 0.25) is 0 Å². The number of anilines is 2. The van der Waals surface area contributed by atoms with E-state index in [1.807, 2.05) is 11.9 Å². The second kappa shape index (κ2) is 15.7. The zero-order valence-corrected chi connectivity index (χ0v) is 23.9. The van der Waals surface area contributed by atoms with E-state index in [0.717, 1.165) is 63.5 Å². The van der Waals surface area contributed by atoms with Gasteiger partial charge in [-0.3, -0.25) is 9.69 Å². The lowest BCUT2D eigenvalue weighted by atomic mass is 9.96. The predicted molar refractivity (Wildman–Crippen MR) is 154 cm³/mol. The Balaban J connectivity index is 0.00000194. The molecule has 1 aromatic heterocycles. The first-order valence-electron chi connectivity index (χ1n) is 12.2. The van der Waals surface area contributed by atoms with Gasteiger partial charge in [0, 0.05) is 65.5 Å². The molecule has 0 spiro atoms. The van der Waals surface area contributed by atoms with E-state index in [4.69, 9.17) is 4.98 Å². The van der Waals surface area contributed by atoms with E-state index in [9.17, 15) is 4.79 Å². The summed E-state index contributed by atoms with van der Waals surface area (Å²) in [6, 6.07) is 4.17. The molecular weight excluding hydrogens is 454 g/mol. The van der Waals surface area contributed by atoms with Crippen LogP contribution in [0.5, 0.6) is 0 Å². The Kier molecular flexibility index (Phi) is 13.8. The molecule has 1 fully saturated rings. The molecule has 0 aromatic carbocycles. The van der Waals surface area contributed by atoms with E-state index in [1.165, 1.54) is 5.57 Å². The van der Waals surface area contributed by atoms with Gasteiger partial charge in [0.1, 0.15) is 0 Å². The van der Waals surface area contributed by atoms with E-state index in [2.05, 4.69) is 97.8 Å². The molecule has 0 aliphatic carbocycles. The Morgan fingerprint density at radius 2 is 1.86 bits per heavy atom. The van der Waals surface area contributed by atoms with Crippen LogP contribution < -0.4 is 9.80 Å². The van der Waals surface area contributed by atoms with Gasteiger partial charge in [0.2, 0.25) is 6.41 Å². The van der Waals surface area contributed by atoms with Gasteiger partial charge in [-0.05, 0) is 43.2 Å². The largest absolute Gasteiger partial charge is 0.371 e. The highest BCUT2D eigenvalue weighted by atomic mass is 32.2. The number of pyridine rings is 1. The van der Waals surface area contributed by atoms with Crippen LogP contribution in [0.1, 0.15) is 40.3 Å². The predicted octanol–water partition coefficient (Wildman–Crippen LogP) is 4.74. The van der Waals surface area contributed by atoms with Crippen molar-refractivity contribution < 1.29 is 4.79 Å². The average Bonchev–Trinajstić information content (AvgIpc) is 2.82. The molecule has 35 heavy (non-hydrogen) atoms. The van der Waals surface area contributed by atoms with E-state index in [0.29, 0.717) is 5.82 Å². The van der Waals surface area contributed by atoms with Crippen LogP contribution in [0, 0.1) is 17.8 Å². The summed E-state index contributed by atoms with van der Waals surface area (Å²) in [4.78, 5) is 22.7. The van der Waals surface area contributed by atoms with Gasteiger partial charge < -0.3 is 9.80 Å². The lowest BCUT2D eigenvalue weighted by Crippen LogP contribution is -2.43. The number of hydrogen-bond donors (Lipinski definition) is 0. The van der Waals surface area contributed by atoms with Crippen LogP contribution in [0.4, 0.5) is 11.5 Å². The number of carbonyl (C=O) groups is 1. The van der Waals surface area contributed by atoms with Crippen molar-refractivity contribution in [1.82, 2.24) is 14.2 Å². The fraction of sp³-hybridized carbons (Fsp3) is 0.571. The molecule has 2 rings (SSSR count). The molecule has 7 heteroatoms. The third-order valence-corrected chi connectivity index (χ3v) is 6.36. The third-order valence-electron chi connectivity index (χ3n) is 5.48. The molecule has 1 aromatic rings. The van der Waals surface area contributed by atoms with Gasteiger partial charge in [-0.1, -0.05) is 50.9 Å². The molecule has 1 aliphatic rings. The summed E-state index contributed by atoms with van der Waals surface area (Å²) in [6.45, 7) is 16.6. The van der Waals surface area contributed by atoms with Gasteiger partial charge in [-0.2, -0.15) is 0 Å². The van der Waals surface area contributed by atoms with Crippen molar-refractivity contribution in [2.24, 2.45) is 5.41 Å². The third kappa shape index (κ3) is 11.3. The molecule has 6 nitrogen and oxygen atoms in total. The van der Waals surface area contributed by atoms with Crippen molar-refractivity contribution in [3.8, 4) is 12.3 Å². The molecule has 0 atom stereocenters. The van der Waals surface area contributed by atoms with E-state index in [-0.39, 0.29) is 5.41 Å². The highest BCUT2D eigenvalue weighted by Gasteiger charge is 2.19. The Hall–Kier alpha value is -2.27. The lowest BCUT2D eigenvalue weighted by Gasteiger charge is -2.33. The molecule has 194 valence electrons. The van der Waals surface area contributed by atoms with E-state index >= 15 is 0 Å². The zero-order chi connectivity index (χ0) is 26.4. The van der Waals surface area contributed by atoms with Crippen LogP contribution in [0.25, 0.3) is 0 Å². The van der Waals surface area contributed by atoms with Gasteiger partial charge in [-0.25, -0.2) is 9.29 Å². The maximum Gasteiger partial charge on any atom is 0.215 e. The van der Waals surface area contributed by atoms with Gasteiger partial charge in [0.05, 0.1) is 5.69 Å². The molecule has 1 saturated heterocycles. The zero-order valence-electron chi connectivity index (χ0n) is 23.0. The van der Waals surface area contributed by atoms with Gasteiger partial charge in [0.15, 0.2) is 5.82 Å². The summed E-state index contributed by atoms with van der Waals surface area (Å²) in [6.07, 6.45) is 14.9. The Morgan fingerprint density at radius 1 is 1.23 bits per heavy atom. The SMILES string of the molecule is C#CC.C/C=C\C(=C/Cc1ccc(N(C)CC(C)(C)C)c(N(C)C=O)n1)CN1CCN(SC)CC1. The van der Waals surface area contributed by atoms with Crippen molar-refractivity contribution in [2.45, 2.75) is 41.0 Å². The summed E-state index contributed by atoms with van der Waals surface area (Å²) in [5.41, 5.74) is 3.40. The van der Waals surface area contributed by atoms with Crippen molar-refractivity contribution in [3.05, 3.63) is 41.6 Å². The minimum absolute atomic E-state index is 0.149. The van der Waals surface area contributed by atoms with Crippen molar-refractivity contribution in [1.29, 1.82) is 0 Å². The second-order valence-electron chi connectivity index (χ2n) is 9.94. The van der Waals surface area contributed by atoms with Gasteiger partial charge >= 0.3 is 0 Å². The molecule has 0 bridgehead atoms. The first kappa shape index (κ1) is 30.8. The Morgan fingerprint density at radius 3 is 2.37 bits per heavy atom. The number of nitrogens with zero attached hydrogens (tertiary/aromatic N) is 5. The minimum Gasteiger partial charge on any atom is -0.371 e. The van der Waals surface area contributed by atoms with Crippen molar-refractivity contribution in [3.63, 3.8) is 0 Å². The summed E-state index contributed by atoms with van der Waals surface area (Å²) >= 11 is 1.83. The maximum absolute atomic E-state index is 11.5. The number of amides is 1. The van der Waals surface area contributed by atoms with Crippen LogP contribution >= 0.6 is 11.9 Å². The number of carbonyl (C=O) groups excluding carboxylic acids is 1. The lowest BCUT2D eigenvalue weighted by molar-refractivity contribution is -0.107. The fourth-order valence-corrected chi connectivity index (χ4v) is 4.49. The molecule has 2 heterocycles. The van der Waals surface area contributed by atoms with Crippen LogP contribution in [0.3, 0.4) is 0 Å². The van der Waals surface area contributed by atoms with Gasteiger partial charge in [-0.15, -0.1) is 12.3 Å². The fourth-order valence-electron chi connectivity index (χ4n) is 3.96. The van der Waals surface area contributed by atoms with Crippen molar-refractivity contribution in [2.75, 3.05) is 69.4 Å². The average molecular weight is 500 g/mol. The number of hydrogen-bond acceptors (Lipinski definition) is 6. The number of piperazine rings is 1. The highest BCUT2D eigenvalue weighted by molar-refractivity contribution is 7.96.